The fourth-order valence-corrected chi connectivity index (χ4v) is 1.54. The number of carbonyl (C=O) groups is 1. The van der Waals surface area contributed by atoms with Crippen LogP contribution in [0.5, 0.6) is 5.88 Å². The van der Waals surface area contributed by atoms with Crippen LogP contribution in [0.25, 0.3) is 0 Å². The number of ether oxygens (including phenoxy) is 1. The number of nitro groups is 1. The Bertz CT molecular complexity index is 519. The van der Waals surface area contributed by atoms with Gasteiger partial charge in [-0.2, -0.15) is 0 Å². The van der Waals surface area contributed by atoms with E-state index in [-0.39, 0.29) is 3.70 Å². The fourth-order valence-electron chi connectivity index (χ4n) is 0.930. The normalized spacial score (nSPS) is 11.1. The van der Waals surface area contributed by atoms with Gasteiger partial charge in [-0.3, -0.25) is 10.1 Å². The van der Waals surface area contributed by atoms with E-state index in [0.717, 1.165) is 0 Å². The number of halogens is 4. The second-order valence-electron chi connectivity index (χ2n) is 2.76. The van der Waals surface area contributed by atoms with Crippen LogP contribution in [0.4, 0.5) is 18.9 Å². The molecule has 0 aliphatic rings. The number of pyridine rings is 1. The monoisotopic (exact) mass is 378 g/mol. The van der Waals surface area contributed by atoms with Gasteiger partial charge in [0.25, 0.3) is 0 Å². The fraction of sp³-hybridized carbons (Fsp3) is 0.143. The van der Waals surface area contributed by atoms with Gasteiger partial charge in [-0.05, 0) is 22.6 Å². The molecule has 0 atom stereocenters. The van der Waals surface area contributed by atoms with Gasteiger partial charge >= 0.3 is 23.9 Å². The lowest BCUT2D eigenvalue weighted by Gasteiger charge is -2.09. The van der Waals surface area contributed by atoms with E-state index in [1.807, 2.05) is 0 Å². The molecule has 0 saturated carbocycles. The number of alkyl halides is 3. The predicted octanol–water partition coefficient (Wildman–Crippen LogP) is 2.19. The first-order chi connectivity index (χ1) is 8.11. The molecule has 1 rings (SSSR count). The third kappa shape index (κ3) is 3.41. The van der Waals surface area contributed by atoms with Gasteiger partial charge in [0.1, 0.15) is 3.70 Å². The first-order valence-electron chi connectivity index (χ1n) is 3.96. The molecule has 1 aromatic heterocycles. The van der Waals surface area contributed by atoms with Crippen molar-refractivity contribution >= 4 is 34.2 Å². The zero-order valence-electron chi connectivity index (χ0n) is 8.06. The molecular weight excluding hydrogens is 376 g/mol. The molecule has 7 nitrogen and oxygen atoms in total. The summed E-state index contributed by atoms with van der Waals surface area (Å²) in [6, 6.07) is 0.457. The number of carboxylic acids is 1. The summed E-state index contributed by atoms with van der Waals surface area (Å²) in [4.78, 5) is 23.1. The first kappa shape index (κ1) is 14.4. The van der Waals surface area contributed by atoms with Crippen molar-refractivity contribution in [3.8, 4) is 5.88 Å². The van der Waals surface area contributed by atoms with E-state index >= 15 is 0 Å². The Labute approximate surface area is 110 Å². The van der Waals surface area contributed by atoms with Crippen molar-refractivity contribution in [2.24, 2.45) is 0 Å². The summed E-state index contributed by atoms with van der Waals surface area (Å²) in [5.74, 6) is -2.85. The van der Waals surface area contributed by atoms with Gasteiger partial charge in [-0.15, -0.1) is 13.2 Å². The van der Waals surface area contributed by atoms with Crippen LogP contribution in [0.2, 0.25) is 0 Å². The molecule has 98 valence electrons. The van der Waals surface area contributed by atoms with Gasteiger partial charge in [-0.1, -0.05) is 0 Å². The molecule has 0 fully saturated rings. The van der Waals surface area contributed by atoms with Crippen molar-refractivity contribution in [2.75, 3.05) is 0 Å². The Morgan fingerprint density at radius 2 is 2.11 bits per heavy atom. The van der Waals surface area contributed by atoms with E-state index in [1.54, 1.807) is 0 Å². The van der Waals surface area contributed by atoms with Crippen molar-refractivity contribution < 1.29 is 32.7 Å². The highest BCUT2D eigenvalue weighted by atomic mass is 127. The maximum Gasteiger partial charge on any atom is 0.574 e. The molecule has 0 aromatic carbocycles. The summed E-state index contributed by atoms with van der Waals surface area (Å²) in [5.41, 5.74) is -1.76. The first-order valence-corrected chi connectivity index (χ1v) is 5.03. The largest absolute Gasteiger partial charge is 0.574 e. The zero-order valence-corrected chi connectivity index (χ0v) is 10.2. The van der Waals surface area contributed by atoms with E-state index in [9.17, 15) is 28.1 Å². The highest BCUT2D eigenvalue weighted by molar-refractivity contribution is 14.1. The molecule has 0 bridgehead atoms. The third-order valence-corrected chi connectivity index (χ3v) is 2.38. The summed E-state index contributed by atoms with van der Waals surface area (Å²) in [6.07, 6.45) is -5.16. The zero-order chi connectivity index (χ0) is 14.1. The Morgan fingerprint density at radius 1 is 1.56 bits per heavy atom. The molecule has 0 unspecified atom stereocenters. The van der Waals surface area contributed by atoms with Gasteiger partial charge in [-0.25, -0.2) is 9.78 Å². The van der Waals surface area contributed by atoms with E-state index in [2.05, 4.69) is 9.72 Å². The number of hydrogen-bond donors (Lipinski definition) is 1. The number of aromatic carboxylic acids is 1. The highest BCUT2D eigenvalue weighted by Crippen LogP contribution is 2.32. The van der Waals surface area contributed by atoms with Crippen molar-refractivity contribution in [2.45, 2.75) is 6.36 Å². The average molecular weight is 378 g/mol. The second-order valence-corrected chi connectivity index (χ2v) is 3.78. The number of nitrogens with zero attached hydrogens (tertiary/aromatic N) is 2. The minimum atomic E-state index is -5.16. The molecule has 0 aliphatic carbocycles. The molecule has 0 radical (unpaired) electrons. The van der Waals surface area contributed by atoms with Gasteiger partial charge in [0.05, 0.1) is 10.5 Å². The Morgan fingerprint density at radius 3 is 2.50 bits per heavy atom. The summed E-state index contributed by atoms with van der Waals surface area (Å²) >= 11 is 1.33. The number of hydrogen-bond acceptors (Lipinski definition) is 5. The molecule has 0 aliphatic heterocycles. The summed E-state index contributed by atoms with van der Waals surface area (Å²) in [7, 11) is 0. The van der Waals surface area contributed by atoms with Gasteiger partial charge < -0.3 is 9.84 Å². The van der Waals surface area contributed by atoms with Crippen LogP contribution >= 0.6 is 22.6 Å². The van der Waals surface area contributed by atoms with Crippen molar-refractivity contribution in [3.63, 3.8) is 0 Å². The van der Waals surface area contributed by atoms with Crippen molar-refractivity contribution in [1.29, 1.82) is 0 Å². The van der Waals surface area contributed by atoms with Crippen LogP contribution in [0.3, 0.4) is 0 Å². The van der Waals surface area contributed by atoms with E-state index in [4.69, 9.17) is 5.11 Å². The molecule has 1 heterocycles. The highest BCUT2D eigenvalue weighted by Gasteiger charge is 2.36. The van der Waals surface area contributed by atoms with Crippen molar-refractivity contribution in [3.05, 3.63) is 25.4 Å². The van der Waals surface area contributed by atoms with Crippen LogP contribution in [0.15, 0.2) is 6.07 Å². The number of rotatable bonds is 3. The lowest BCUT2D eigenvalue weighted by molar-refractivity contribution is -0.389. The minimum Gasteiger partial charge on any atom is -0.478 e. The Balaban J connectivity index is 3.38. The molecule has 0 saturated heterocycles. The average Bonchev–Trinajstić information content (AvgIpc) is 2.13. The number of carboxylic acid groups (broad SMARTS) is 1. The van der Waals surface area contributed by atoms with E-state index < -0.39 is 34.4 Å². The van der Waals surface area contributed by atoms with Crippen LogP contribution in [0.1, 0.15) is 10.4 Å². The Hall–Kier alpha value is -1.66. The molecule has 18 heavy (non-hydrogen) atoms. The molecule has 0 amide bonds. The summed E-state index contributed by atoms with van der Waals surface area (Å²) in [5, 5.41) is 19.2. The predicted molar refractivity (Wildman–Crippen MR) is 57.3 cm³/mol. The molecule has 1 aromatic rings. The van der Waals surface area contributed by atoms with Crippen LogP contribution in [-0.2, 0) is 0 Å². The molecule has 0 spiro atoms. The summed E-state index contributed by atoms with van der Waals surface area (Å²) < 4.78 is 38.9. The smallest absolute Gasteiger partial charge is 0.478 e. The van der Waals surface area contributed by atoms with Crippen LogP contribution < -0.4 is 4.74 Å². The van der Waals surface area contributed by atoms with Gasteiger partial charge in [0.15, 0.2) is 0 Å². The topological polar surface area (TPSA) is 103 Å². The van der Waals surface area contributed by atoms with E-state index in [1.165, 1.54) is 22.6 Å². The quantitative estimate of drug-likeness (QED) is 0.375. The van der Waals surface area contributed by atoms with Gasteiger partial charge in [0, 0.05) is 6.07 Å². The SMILES string of the molecule is O=C(O)c1cc([N+](=O)[O-])c(OC(F)(F)F)nc1I. The molecule has 1 N–H and O–H groups in total. The lowest BCUT2D eigenvalue weighted by Crippen LogP contribution is -2.19. The second kappa shape index (κ2) is 4.91. The van der Waals surface area contributed by atoms with Gasteiger partial charge in [0.2, 0.25) is 0 Å². The van der Waals surface area contributed by atoms with Crippen LogP contribution in [0, 0.1) is 13.8 Å². The maximum atomic E-state index is 12.0. The number of aromatic nitrogens is 1. The van der Waals surface area contributed by atoms with Crippen molar-refractivity contribution in [1.82, 2.24) is 4.98 Å². The minimum absolute atomic E-state index is 0.357. The van der Waals surface area contributed by atoms with Crippen LogP contribution in [-0.4, -0.2) is 27.3 Å². The Kier molecular flexibility index (Phi) is 3.93. The maximum absolute atomic E-state index is 12.0. The van der Waals surface area contributed by atoms with E-state index in [0.29, 0.717) is 6.07 Å². The summed E-state index contributed by atoms with van der Waals surface area (Å²) in [6.45, 7) is 0. The third-order valence-electron chi connectivity index (χ3n) is 1.56. The molecular formula is C7H2F3IN2O5. The standard InChI is InChI=1S/C7H2F3IN2O5/c8-7(9,10)18-5-3(13(16)17)1-2(6(14)15)4(11)12-5/h1H,(H,14,15). The molecule has 11 heteroatoms. The lowest BCUT2D eigenvalue weighted by atomic mass is 10.2.